The van der Waals surface area contributed by atoms with Crippen LogP contribution in [0.4, 0.5) is 0 Å². The van der Waals surface area contributed by atoms with E-state index >= 15 is 0 Å². The average molecular weight is 476 g/mol. The number of hydrogen-bond donors (Lipinski definition) is 0. The minimum atomic E-state index is -3.57. The Morgan fingerprint density at radius 2 is 1.62 bits per heavy atom. The monoisotopic (exact) mass is 475 g/mol. The van der Waals surface area contributed by atoms with Crippen molar-refractivity contribution in [3.8, 4) is 11.5 Å². The van der Waals surface area contributed by atoms with Crippen LogP contribution in [-0.4, -0.2) is 42.0 Å². The lowest BCUT2D eigenvalue weighted by Crippen LogP contribution is -2.31. The lowest BCUT2D eigenvalue weighted by Gasteiger charge is -2.19. The summed E-state index contributed by atoms with van der Waals surface area (Å²) in [6.07, 6.45) is 3.80. The number of ether oxygens (including phenoxy) is 1. The maximum absolute atomic E-state index is 12.8. The Labute approximate surface area is 191 Å². The van der Waals surface area contributed by atoms with Gasteiger partial charge in [-0.2, -0.15) is 4.31 Å². The molecule has 1 aliphatic heterocycles. The average Bonchev–Trinajstić information content (AvgIpc) is 3.10. The zero-order valence-corrected chi connectivity index (χ0v) is 18.8. The lowest BCUT2D eigenvalue weighted by atomic mass is 10.2. The highest BCUT2D eigenvalue weighted by molar-refractivity contribution is 7.89. The smallest absolute Gasteiger partial charge is 0.338 e. The molecule has 2 aromatic carbocycles. The molecule has 0 atom stereocenters. The first-order chi connectivity index (χ1) is 15.4. The Balaban J connectivity index is 1.37. The summed E-state index contributed by atoms with van der Waals surface area (Å²) in [5.74, 6) is -0.186. The molecule has 4 rings (SSSR count). The summed E-state index contributed by atoms with van der Waals surface area (Å²) in [6, 6.07) is 12.7. The largest absolute Gasteiger partial charge is 0.452 e. The molecular weight excluding hydrogens is 454 g/mol. The molecule has 0 N–H and O–H groups in total. The maximum Gasteiger partial charge on any atom is 0.338 e. The van der Waals surface area contributed by atoms with Gasteiger partial charge in [0.25, 0.3) is 5.89 Å². The first-order valence-corrected chi connectivity index (χ1v) is 12.1. The van der Waals surface area contributed by atoms with Crippen molar-refractivity contribution in [2.75, 3.05) is 13.1 Å². The molecule has 32 heavy (non-hydrogen) atoms. The van der Waals surface area contributed by atoms with Crippen molar-refractivity contribution in [3.63, 3.8) is 0 Å². The van der Waals surface area contributed by atoms with E-state index in [4.69, 9.17) is 20.8 Å². The molecular formula is C22H22ClN3O5S. The lowest BCUT2D eigenvalue weighted by molar-refractivity contribution is 0.0438. The Hall–Kier alpha value is -2.75. The van der Waals surface area contributed by atoms with Crippen LogP contribution in [0.2, 0.25) is 5.02 Å². The molecule has 1 aliphatic rings. The Kier molecular flexibility index (Phi) is 6.88. The van der Waals surface area contributed by atoms with Gasteiger partial charge in [-0.15, -0.1) is 10.2 Å². The van der Waals surface area contributed by atoms with Gasteiger partial charge in [-0.3, -0.25) is 0 Å². The van der Waals surface area contributed by atoms with Crippen LogP contribution in [0, 0.1) is 0 Å². The predicted molar refractivity (Wildman–Crippen MR) is 118 cm³/mol. The van der Waals surface area contributed by atoms with Gasteiger partial charge < -0.3 is 9.15 Å². The number of rotatable bonds is 6. The Morgan fingerprint density at radius 3 is 2.28 bits per heavy atom. The third-order valence-electron chi connectivity index (χ3n) is 5.18. The van der Waals surface area contributed by atoms with Crippen molar-refractivity contribution in [1.29, 1.82) is 0 Å². The minimum absolute atomic E-state index is 0.142. The maximum atomic E-state index is 12.8. The number of benzene rings is 2. The molecule has 0 saturated carbocycles. The van der Waals surface area contributed by atoms with Crippen LogP contribution in [0.3, 0.4) is 0 Å². The fourth-order valence-corrected chi connectivity index (χ4v) is 5.07. The molecule has 1 aromatic heterocycles. The van der Waals surface area contributed by atoms with Crippen molar-refractivity contribution in [1.82, 2.24) is 14.5 Å². The third-order valence-corrected chi connectivity index (χ3v) is 7.34. The molecule has 8 nitrogen and oxygen atoms in total. The Bertz CT molecular complexity index is 1170. The number of aromatic nitrogens is 2. The second kappa shape index (κ2) is 9.81. The summed E-state index contributed by atoms with van der Waals surface area (Å²) < 4.78 is 37.9. The molecule has 0 spiro atoms. The van der Waals surface area contributed by atoms with Gasteiger partial charge in [0.05, 0.1) is 10.5 Å². The number of carbonyl (C=O) groups is 1. The SMILES string of the molecule is O=C(OCc1nnc(-c2ccc(Cl)cc2)o1)c1ccc(S(=O)(=O)N2CCCCCC2)cc1. The van der Waals surface area contributed by atoms with Crippen LogP contribution in [0.15, 0.2) is 57.8 Å². The fraction of sp³-hybridized carbons (Fsp3) is 0.318. The predicted octanol–water partition coefficient (Wildman–Crippen LogP) is 4.31. The number of hydrogen-bond acceptors (Lipinski definition) is 7. The minimum Gasteiger partial charge on any atom is -0.452 e. The summed E-state index contributed by atoms with van der Waals surface area (Å²) in [5.41, 5.74) is 0.929. The van der Waals surface area contributed by atoms with Crippen LogP contribution in [0.5, 0.6) is 0 Å². The van der Waals surface area contributed by atoms with Crippen molar-refractivity contribution in [3.05, 3.63) is 65.0 Å². The summed E-state index contributed by atoms with van der Waals surface area (Å²) in [6.45, 7) is 0.843. The molecule has 1 saturated heterocycles. The number of halogens is 1. The molecule has 0 aliphatic carbocycles. The number of esters is 1. The highest BCUT2D eigenvalue weighted by Crippen LogP contribution is 2.22. The first-order valence-electron chi connectivity index (χ1n) is 10.3. The van der Waals surface area contributed by atoms with E-state index in [2.05, 4.69) is 10.2 Å². The summed E-state index contributed by atoms with van der Waals surface area (Å²) in [5, 5.41) is 8.40. The quantitative estimate of drug-likeness (QED) is 0.489. The van der Waals surface area contributed by atoms with Gasteiger partial charge in [0.1, 0.15) is 0 Å². The summed E-state index contributed by atoms with van der Waals surface area (Å²) in [7, 11) is -3.57. The normalized spacial score (nSPS) is 15.3. The van der Waals surface area contributed by atoms with E-state index in [0.29, 0.717) is 23.7 Å². The number of nitrogens with zero attached hydrogens (tertiary/aromatic N) is 3. The van der Waals surface area contributed by atoms with E-state index in [-0.39, 0.29) is 28.8 Å². The molecule has 0 bridgehead atoms. The van der Waals surface area contributed by atoms with Gasteiger partial charge in [0.2, 0.25) is 15.9 Å². The standard InChI is InChI=1S/C22H22ClN3O5S/c23-18-9-5-16(6-10-18)21-25-24-20(31-21)15-30-22(27)17-7-11-19(12-8-17)32(28,29)26-13-3-1-2-4-14-26/h5-12H,1-4,13-15H2. The molecule has 10 heteroatoms. The first kappa shape index (κ1) is 22.4. The van der Waals surface area contributed by atoms with Crippen molar-refractivity contribution >= 4 is 27.6 Å². The molecule has 0 amide bonds. The van der Waals surface area contributed by atoms with Crippen molar-refractivity contribution in [2.24, 2.45) is 0 Å². The number of sulfonamides is 1. The van der Waals surface area contributed by atoms with E-state index in [9.17, 15) is 13.2 Å². The highest BCUT2D eigenvalue weighted by atomic mass is 35.5. The van der Waals surface area contributed by atoms with Gasteiger partial charge in [-0.05, 0) is 61.4 Å². The van der Waals surface area contributed by atoms with Crippen molar-refractivity contribution in [2.45, 2.75) is 37.2 Å². The second-order valence-corrected chi connectivity index (χ2v) is 9.80. The molecule has 1 fully saturated rings. The highest BCUT2D eigenvalue weighted by Gasteiger charge is 2.25. The van der Waals surface area contributed by atoms with Gasteiger partial charge in [-0.1, -0.05) is 24.4 Å². The fourth-order valence-electron chi connectivity index (χ4n) is 3.43. The Morgan fingerprint density at radius 1 is 0.969 bits per heavy atom. The molecule has 3 aromatic rings. The van der Waals surface area contributed by atoms with Gasteiger partial charge in [-0.25, -0.2) is 13.2 Å². The molecule has 2 heterocycles. The van der Waals surface area contributed by atoms with Gasteiger partial charge >= 0.3 is 5.97 Å². The molecule has 0 radical (unpaired) electrons. The summed E-state index contributed by atoms with van der Waals surface area (Å²) >= 11 is 5.87. The van der Waals surface area contributed by atoms with Crippen LogP contribution in [0.1, 0.15) is 41.9 Å². The topological polar surface area (TPSA) is 103 Å². The van der Waals surface area contributed by atoms with E-state index in [1.54, 1.807) is 24.3 Å². The van der Waals surface area contributed by atoms with E-state index in [1.165, 1.54) is 28.6 Å². The molecule has 168 valence electrons. The van der Waals surface area contributed by atoms with Gasteiger partial charge in [0.15, 0.2) is 6.61 Å². The van der Waals surface area contributed by atoms with E-state index < -0.39 is 16.0 Å². The number of carbonyl (C=O) groups excluding carboxylic acids is 1. The van der Waals surface area contributed by atoms with Crippen LogP contribution < -0.4 is 0 Å². The second-order valence-electron chi connectivity index (χ2n) is 7.43. The molecule has 0 unspecified atom stereocenters. The van der Waals surface area contributed by atoms with E-state index in [0.717, 1.165) is 25.7 Å². The zero-order chi connectivity index (χ0) is 22.6. The van der Waals surface area contributed by atoms with E-state index in [1.807, 2.05) is 0 Å². The van der Waals surface area contributed by atoms with Crippen LogP contribution >= 0.6 is 11.6 Å². The van der Waals surface area contributed by atoms with Crippen LogP contribution in [-0.2, 0) is 21.4 Å². The van der Waals surface area contributed by atoms with Crippen molar-refractivity contribution < 1.29 is 22.4 Å². The third kappa shape index (κ3) is 5.17. The van der Waals surface area contributed by atoms with Crippen LogP contribution in [0.25, 0.3) is 11.5 Å². The van der Waals surface area contributed by atoms with Gasteiger partial charge in [0, 0.05) is 23.7 Å². The zero-order valence-electron chi connectivity index (χ0n) is 17.2. The summed E-state index contributed by atoms with van der Waals surface area (Å²) in [4.78, 5) is 12.5.